The van der Waals surface area contributed by atoms with Crippen LogP contribution in [0.1, 0.15) is 89.0 Å². The maximum absolute atomic E-state index is 14.8. The average Bonchev–Trinajstić information content (AvgIpc) is 2.77. The van der Waals surface area contributed by atoms with Crippen LogP contribution >= 0.6 is 0 Å². The van der Waals surface area contributed by atoms with Crippen LogP contribution in [-0.2, 0) is 0 Å². The second kappa shape index (κ2) is 9.83. The normalized spacial score (nSPS) is 34.2. The van der Waals surface area contributed by atoms with Crippen molar-refractivity contribution in [1.29, 1.82) is 0 Å². The van der Waals surface area contributed by atoms with E-state index in [4.69, 9.17) is 4.74 Å². The summed E-state index contributed by atoms with van der Waals surface area (Å²) in [6, 6.07) is 3.38. The van der Waals surface area contributed by atoms with Crippen LogP contribution in [0.5, 0.6) is 5.75 Å². The van der Waals surface area contributed by atoms with E-state index in [0.717, 1.165) is 36.5 Å². The molecule has 4 rings (SSSR count). The van der Waals surface area contributed by atoms with Gasteiger partial charge in [-0.2, -0.15) is 4.39 Å². The van der Waals surface area contributed by atoms with Gasteiger partial charge < -0.3 is 4.74 Å². The van der Waals surface area contributed by atoms with Crippen molar-refractivity contribution >= 4 is 0 Å². The van der Waals surface area contributed by atoms with E-state index in [1.807, 2.05) is 0 Å². The summed E-state index contributed by atoms with van der Waals surface area (Å²) < 4.78 is 34.8. The van der Waals surface area contributed by atoms with Gasteiger partial charge in [0.05, 0.1) is 6.61 Å². The Kier molecular flexibility index (Phi) is 7.16. The number of hydrogen-bond acceptors (Lipinski definition) is 1. The predicted molar refractivity (Wildman–Crippen MR) is 119 cm³/mol. The SMILES string of the molecule is C=CCCOc1ccc(C2CCC3CC(C4CCC(C)CC4)CCC3C2)c(F)c1F. The number of ether oxygens (including phenoxy) is 1. The van der Waals surface area contributed by atoms with Crippen molar-refractivity contribution in [2.45, 2.75) is 83.5 Å². The first-order valence-corrected chi connectivity index (χ1v) is 12.3. The van der Waals surface area contributed by atoms with Crippen LogP contribution < -0.4 is 4.74 Å². The van der Waals surface area contributed by atoms with Gasteiger partial charge in [-0.1, -0.05) is 31.9 Å². The lowest BCUT2D eigenvalue weighted by atomic mass is 9.60. The van der Waals surface area contributed by atoms with E-state index < -0.39 is 11.6 Å². The summed E-state index contributed by atoms with van der Waals surface area (Å²) in [5.41, 5.74) is 0.561. The van der Waals surface area contributed by atoms with E-state index >= 15 is 0 Å². The summed E-state index contributed by atoms with van der Waals surface area (Å²) in [5, 5.41) is 0. The highest BCUT2D eigenvalue weighted by Crippen LogP contribution is 2.51. The number of halogens is 2. The molecule has 3 heteroatoms. The Morgan fingerprint density at radius 1 is 0.867 bits per heavy atom. The van der Waals surface area contributed by atoms with Gasteiger partial charge in [-0.25, -0.2) is 4.39 Å². The molecule has 1 aromatic carbocycles. The van der Waals surface area contributed by atoms with Crippen molar-refractivity contribution in [2.75, 3.05) is 6.61 Å². The standard InChI is InChI=1S/C27H38F2O/c1-3-4-15-30-25-14-13-24(26(28)27(25)29)23-12-11-21-16-20(9-10-22(21)17-23)19-7-5-18(2)6-8-19/h3,13-14,18-23H,1,4-12,15-17H2,2H3. The average molecular weight is 417 g/mol. The van der Waals surface area contributed by atoms with Crippen molar-refractivity contribution in [3.8, 4) is 5.75 Å². The monoisotopic (exact) mass is 416 g/mol. The van der Waals surface area contributed by atoms with Crippen molar-refractivity contribution in [3.05, 3.63) is 42.0 Å². The quantitative estimate of drug-likeness (QED) is 0.337. The largest absolute Gasteiger partial charge is 0.490 e. The number of hydrogen-bond donors (Lipinski definition) is 0. The highest BCUT2D eigenvalue weighted by atomic mass is 19.2. The minimum Gasteiger partial charge on any atom is -0.490 e. The fourth-order valence-electron chi connectivity index (χ4n) is 6.62. The van der Waals surface area contributed by atoms with E-state index in [2.05, 4.69) is 13.5 Å². The molecule has 0 aromatic heterocycles. The molecular formula is C27H38F2O. The van der Waals surface area contributed by atoms with Gasteiger partial charge in [0.1, 0.15) is 0 Å². The van der Waals surface area contributed by atoms with Gasteiger partial charge in [-0.05, 0) is 105 Å². The molecule has 3 aliphatic rings. The molecule has 0 spiro atoms. The Labute approximate surface area is 181 Å². The zero-order chi connectivity index (χ0) is 21.1. The van der Waals surface area contributed by atoms with Crippen LogP contribution in [0.15, 0.2) is 24.8 Å². The molecule has 30 heavy (non-hydrogen) atoms. The third kappa shape index (κ3) is 4.75. The minimum absolute atomic E-state index is 0.0223. The van der Waals surface area contributed by atoms with Gasteiger partial charge in [0.15, 0.2) is 11.6 Å². The van der Waals surface area contributed by atoms with Crippen molar-refractivity contribution in [3.63, 3.8) is 0 Å². The van der Waals surface area contributed by atoms with Crippen LogP contribution in [0.25, 0.3) is 0 Å². The molecule has 0 amide bonds. The summed E-state index contributed by atoms with van der Waals surface area (Å²) in [7, 11) is 0. The lowest BCUT2D eigenvalue weighted by molar-refractivity contribution is 0.0726. The maximum atomic E-state index is 14.8. The highest BCUT2D eigenvalue weighted by Gasteiger charge is 2.39. The van der Waals surface area contributed by atoms with Gasteiger partial charge in [0.25, 0.3) is 0 Å². The topological polar surface area (TPSA) is 9.23 Å². The number of rotatable bonds is 6. The number of fused-ring (bicyclic) bond motifs is 1. The Balaban J connectivity index is 1.36. The first-order chi connectivity index (χ1) is 14.6. The molecule has 3 aliphatic carbocycles. The lowest BCUT2D eigenvalue weighted by Gasteiger charge is -2.45. The summed E-state index contributed by atoms with van der Waals surface area (Å²) in [5.74, 6) is 2.92. The molecule has 0 radical (unpaired) electrons. The van der Waals surface area contributed by atoms with Crippen molar-refractivity contribution in [1.82, 2.24) is 0 Å². The van der Waals surface area contributed by atoms with Crippen molar-refractivity contribution < 1.29 is 13.5 Å². The molecule has 0 heterocycles. The molecule has 1 nitrogen and oxygen atoms in total. The molecule has 3 saturated carbocycles. The van der Waals surface area contributed by atoms with Gasteiger partial charge in [-0.15, -0.1) is 6.58 Å². The third-order valence-corrected chi connectivity index (χ3v) is 8.48. The Hall–Kier alpha value is -1.38. The van der Waals surface area contributed by atoms with E-state index in [0.29, 0.717) is 24.5 Å². The molecule has 4 atom stereocenters. The first-order valence-electron chi connectivity index (χ1n) is 12.3. The molecule has 4 unspecified atom stereocenters. The van der Waals surface area contributed by atoms with Crippen LogP contribution in [0.3, 0.4) is 0 Å². The first kappa shape index (κ1) is 21.8. The van der Waals surface area contributed by atoms with Crippen LogP contribution in [-0.4, -0.2) is 6.61 Å². The zero-order valence-electron chi connectivity index (χ0n) is 18.6. The molecule has 0 saturated heterocycles. The fourth-order valence-corrected chi connectivity index (χ4v) is 6.62. The minimum atomic E-state index is -0.825. The Morgan fingerprint density at radius 2 is 1.50 bits per heavy atom. The molecule has 166 valence electrons. The van der Waals surface area contributed by atoms with Crippen LogP contribution in [0.4, 0.5) is 8.78 Å². The molecule has 0 aliphatic heterocycles. The van der Waals surface area contributed by atoms with E-state index in [-0.39, 0.29) is 11.7 Å². The second-order valence-electron chi connectivity index (χ2n) is 10.3. The molecule has 0 bridgehead atoms. The highest BCUT2D eigenvalue weighted by molar-refractivity contribution is 5.33. The van der Waals surface area contributed by atoms with Gasteiger partial charge in [0.2, 0.25) is 5.82 Å². The lowest BCUT2D eigenvalue weighted by Crippen LogP contribution is -2.34. The molecule has 3 fully saturated rings. The smallest absolute Gasteiger partial charge is 0.200 e. The predicted octanol–water partition coefficient (Wildman–Crippen LogP) is 8.05. The second-order valence-corrected chi connectivity index (χ2v) is 10.3. The summed E-state index contributed by atoms with van der Waals surface area (Å²) in [4.78, 5) is 0. The summed E-state index contributed by atoms with van der Waals surface area (Å²) in [6.07, 6.45) is 15.2. The maximum Gasteiger partial charge on any atom is 0.200 e. The third-order valence-electron chi connectivity index (χ3n) is 8.48. The Bertz CT molecular complexity index is 722. The number of benzene rings is 1. The van der Waals surface area contributed by atoms with Gasteiger partial charge >= 0.3 is 0 Å². The Morgan fingerprint density at radius 3 is 2.23 bits per heavy atom. The van der Waals surface area contributed by atoms with Crippen LogP contribution in [0, 0.1) is 41.2 Å². The van der Waals surface area contributed by atoms with E-state index in [9.17, 15) is 8.78 Å². The fraction of sp³-hybridized carbons (Fsp3) is 0.704. The van der Waals surface area contributed by atoms with E-state index in [1.165, 1.54) is 51.4 Å². The summed E-state index contributed by atoms with van der Waals surface area (Å²) in [6.45, 7) is 6.35. The summed E-state index contributed by atoms with van der Waals surface area (Å²) >= 11 is 0. The van der Waals surface area contributed by atoms with Gasteiger partial charge in [-0.3, -0.25) is 0 Å². The molecular weight excluding hydrogens is 378 g/mol. The van der Waals surface area contributed by atoms with Crippen LogP contribution in [0.2, 0.25) is 0 Å². The van der Waals surface area contributed by atoms with E-state index in [1.54, 1.807) is 18.2 Å². The van der Waals surface area contributed by atoms with Crippen molar-refractivity contribution in [2.24, 2.45) is 29.6 Å². The molecule has 1 aromatic rings. The molecule has 0 N–H and O–H groups in total. The van der Waals surface area contributed by atoms with Gasteiger partial charge in [0, 0.05) is 0 Å². The zero-order valence-corrected chi connectivity index (χ0v) is 18.6.